The molecule has 1 saturated heterocycles. The van der Waals surface area contributed by atoms with E-state index in [0.717, 1.165) is 13.0 Å². The Balaban J connectivity index is 2.47. The van der Waals surface area contributed by atoms with Gasteiger partial charge in [0.25, 0.3) is 0 Å². The average Bonchev–Trinajstić information content (AvgIpc) is 1.97. The summed E-state index contributed by atoms with van der Waals surface area (Å²) in [6.07, 6.45) is 1.36. The molecule has 1 aliphatic heterocycles. The third-order valence-electron chi connectivity index (χ3n) is 2.21. The first-order chi connectivity index (χ1) is 5.25. The molecule has 2 nitrogen and oxygen atoms in total. The van der Waals surface area contributed by atoms with Crippen LogP contribution in [0.4, 0.5) is 0 Å². The number of hydrogen-bond acceptors (Lipinski definition) is 2. The van der Waals surface area contributed by atoms with E-state index < -0.39 is 0 Å². The summed E-state index contributed by atoms with van der Waals surface area (Å²) in [6.45, 7) is 5.02. The van der Waals surface area contributed by atoms with Crippen molar-refractivity contribution in [3.8, 4) is 0 Å². The van der Waals surface area contributed by atoms with Crippen LogP contribution in [-0.2, 0) is 9.39 Å². The standard InChI is InChI=1S/C7H13B2O2/c1-5-3-4-10-6(2)7(5)11-9-8/h5-7H,3-4H2,1-2H3/t5-,6-,7+/m0/s1. The van der Waals surface area contributed by atoms with Crippen LogP contribution >= 0.6 is 0 Å². The second kappa shape index (κ2) is 4.05. The predicted molar refractivity (Wildman–Crippen MR) is 45.6 cm³/mol. The van der Waals surface area contributed by atoms with Gasteiger partial charge in [-0.05, 0) is 0 Å². The van der Waals surface area contributed by atoms with E-state index >= 15 is 0 Å². The third kappa shape index (κ3) is 2.16. The fourth-order valence-corrected chi connectivity index (χ4v) is 1.50. The van der Waals surface area contributed by atoms with Gasteiger partial charge in [0, 0.05) is 0 Å². The van der Waals surface area contributed by atoms with Crippen molar-refractivity contribution in [1.82, 2.24) is 0 Å². The summed E-state index contributed by atoms with van der Waals surface area (Å²) in [5, 5.41) is 0. The Labute approximate surface area is 69.6 Å². The number of hydrogen-bond donors (Lipinski definition) is 0. The Bertz CT molecular complexity index is 130. The van der Waals surface area contributed by atoms with Crippen LogP contribution in [0.5, 0.6) is 0 Å². The molecule has 0 N–H and O–H groups in total. The molecule has 0 bridgehead atoms. The molecule has 0 amide bonds. The molecule has 3 atom stereocenters. The van der Waals surface area contributed by atoms with Crippen LogP contribution in [0.1, 0.15) is 20.3 Å². The molecule has 0 spiro atoms. The first kappa shape index (κ1) is 8.98. The van der Waals surface area contributed by atoms with Gasteiger partial charge in [0.2, 0.25) is 0 Å². The van der Waals surface area contributed by atoms with Gasteiger partial charge in [-0.15, -0.1) is 0 Å². The minimum atomic E-state index is 0.133. The van der Waals surface area contributed by atoms with E-state index in [1.54, 1.807) is 0 Å². The maximum absolute atomic E-state index is 5.41. The van der Waals surface area contributed by atoms with Crippen LogP contribution < -0.4 is 0 Å². The first-order valence-corrected chi connectivity index (χ1v) is 4.06. The van der Waals surface area contributed by atoms with Crippen LogP contribution in [0.2, 0.25) is 0 Å². The summed E-state index contributed by atoms with van der Waals surface area (Å²) in [4.78, 5) is 0. The van der Waals surface area contributed by atoms with Crippen molar-refractivity contribution in [3.05, 3.63) is 0 Å². The minimum absolute atomic E-state index is 0.133. The summed E-state index contributed by atoms with van der Waals surface area (Å²) in [5.74, 6) is 0.540. The molecule has 1 rings (SSSR count). The molecule has 11 heavy (non-hydrogen) atoms. The van der Waals surface area contributed by atoms with Gasteiger partial charge in [-0.1, -0.05) is 0 Å². The van der Waals surface area contributed by atoms with Crippen molar-refractivity contribution in [2.24, 2.45) is 5.92 Å². The van der Waals surface area contributed by atoms with Gasteiger partial charge in [-0.25, -0.2) is 0 Å². The Morgan fingerprint density at radius 2 is 2.27 bits per heavy atom. The van der Waals surface area contributed by atoms with Gasteiger partial charge in [0.05, 0.1) is 0 Å². The van der Waals surface area contributed by atoms with E-state index in [2.05, 4.69) is 6.92 Å². The Kier molecular flexibility index (Phi) is 3.31. The van der Waals surface area contributed by atoms with Crippen molar-refractivity contribution in [3.63, 3.8) is 0 Å². The van der Waals surface area contributed by atoms with Gasteiger partial charge in [-0.3, -0.25) is 0 Å². The molecule has 4 heteroatoms. The third-order valence-corrected chi connectivity index (χ3v) is 2.21. The Morgan fingerprint density at radius 1 is 1.55 bits per heavy atom. The van der Waals surface area contributed by atoms with Crippen LogP contribution in [-0.4, -0.2) is 33.2 Å². The molecule has 0 saturated carbocycles. The molecule has 1 radical (unpaired) electrons. The fraction of sp³-hybridized carbons (Fsp3) is 1.00. The van der Waals surface area contributed by atoms with Crippen LogP contribution in [0.15, 0.2) is 0 Å². The summed E-state index contributed by atoms with van der Waals surface area (Å²) < 4.78 is 10.6. The predicted octanol–water partition coefficient (Wildman–Crippen LogP) is 0.519. The maximum atomic E-state index is 5.41. The zero-order valence-corrected chi connectivity index (χ0v) is 7.12. The van der Waals surface area contributed by atoms with Gasteiger partial charge < -0.3 is 0 Å². The summed E-state index contributed by atoms with van der Waals surface area (Å²) in [7, 11) is 6.44. The molecule has 0 aromatic rings. The summed E-state index contributed by atoms with van der Waals surface area (Å²) in [6, 6.07) is 0. The molecule has 0 aliphatic carbocycles. The normalized spacial score (nSPS) is 37.7. The van der Waals surface area contributed by atoms with Gasteiger partial charge >= 0.3 is 68.8 Å². The molecular weight excluding hydrogens is 138 g/mol. The molecule has 0 unspecified atom stereocenters. The second-order valence-corrected chi connectivity index (χ2v) is 3.08. The molecular formula is C7H13B2O2. The first-order valence-electron chi connectivity index (χ1n) is 4.06. The number of rotatable bonds is 2. The zero-order chi connectivity index (χ0) is 8.27. The molecule has 59 valence electrons. The SMILES string of the molecule is [B]=BO[C@H]1[C@H](C)OCC[C@@H]1C. The molecule has 1 heterocycles. The second-order valence-electron chi connectivity index (χ2n) is 3.08. The van der Waals surface area contributed by atoms with Crippen LogP contribution in [0, 0.1) is 5.92 Å². The molecule has 1 aliphatic rings. The van der Waals surface area contributed by atoms with E-state index in [0.29, 0.717) is 5.92 Å². The van der Waals surface area contributed by atoms with Crippen molar-refractivity contribution < 1.29 is 9.39 Å². The topological polar surface area (TPSA) is 18.5 Å². The van der Waals surface area contributed by atoms with Crippen LogP contribution in [0.3, 0.4) is 0 Å². The van der Waals surface area contributed by atoms with E-state index in [1.807, 2.05) is 6.92 Å². The van der Waals surface area contributed by atoms with Gasteiger partial charge in [0.15, 0.2) is 0 Å². The monoisotopic (exact) mass is 151 g/mol. The zero-order valence-electron chi connectivity index (χ0n) is 7.12. The Hall–Kier alpha value is -0.110. The van der Waals surface area contributed by atoms with Gasteiger partial charge in [-0.2, -0.15) is 0 Å². The van der Waals surface area contributed by atoms with E-state index in [1.165, 1.54) is 7.00 Å². The molecule has 0 aromatic heterocycles. The van der Waals surface area contributed by atoms with Gasteiger partial charge in [0.1, 0.15) is 0 Å². The summed E-state index contributed by atoms with van der Waals surface area (Å²) >= 11 is 0. The van der Waals surface area contributed by atoms with E-state index in [-0.39, 0.29) is 12.2 Å². The van der Waals surface area contributed by atoms with Crippen molar-refractivity contribution in [2.75, 3.05) is 6.61 Å². The van der Waals surface area contributed by atoms with Crippen molar-refractivity contribution in [1.29, 1.82) is 0 Å². The van der Waals surface area contributed by atoms with Crippen molar-refractivity contribution >= 4 is 14.4 Å². The Morgan fingerprint density at radius 3 is 2.82 bits per heavy atom. The van der Waals surface area contributed by atoms with Crippen molar-refractivity contribution in [2.45, 2.75) is 32.5 Å². The fourth-order valence-electron chi connectivity index (χ4n) is 1.50. The quantitative estimate of drug-likeness (QED) is 0.535. The summed E-state index contributed by atoms with van der Waals surface area (Å²) in [5.41, 5.74) is 0. The number of ether oxygens (including phenoxy) is 1. The molecule has 1 fully saturated rings. The average molecular weight is 151 g/mol. The van der Waals surface area contributed by atoms with E-state index in [9.17, 15) is 0 Å². The molecule has 0 aromatic carbocycles. The van der Waals surface area contributed by atoms with Crippen LogP contribution in [0.25, 0.3) is 0 Å². The van der Waals surface area contributed by atoms with E-state index in [4.69, 9.17) is 16.8 Å².